The Balaban J connectivity index is 2.23. The predicted molar refractivity (Wildman–Crippen MR) is 64.4 cm³/mol. The molecule has 0 saturated carbocycles. The van der Waals surface area contributed by atoms with Gasteiger partial charge >= 0.3 is 7.12 Å². The van der Waals surface area contributed by atoms with Gasteiger partial charge in [0.05, 0.1) is 28.5 Å². The zero-order chi connectivity index (χ0) is 15.3. The lowest BCUT2D eigenvalue weighted by molar-refractivity contribution is 0.00578. The van der Waals surface area contributed by atoms with Crippen LogP contribution in [-0.4, -0.2) is 30.3 Å². The molecular formula is C10H16BNO3S. The van der Waals surface area contributed by atoms with Crippen molar-refractivity contribution < 1.29 is 19.5 Å². The summed E-state index contributed by atoms with van der Waals surface area (Å²) in [6.07, 6.45) is -0.0900. The van der Waals surface area contributed by atoms with Gasteiger partial charge < -0.3 is 14.0 Å². The third-order valence-electron chi connectivity index (χ3n) is 3.01. The number of rotatable bonds is 2. The molecule has 4 nitrogen and oxygen atoms in total. The first-order valence-electron chi connectivity index (χ1n) is 6.93. The highest BCUT2D eigenvalue weighted by Crippen LogP contribution is 2.37. The van der Waals surface area contributed by atoms with E-state index in [0.717, 1.165) is 11.3 Å². The molecule has 1 saturated heterocycles. The van der Waals surface area contributed by atoms with Gasteiger partial charge in [-0.3, -0.25) is 0 Å². The molecule has 0 atom stereocenters. The highest BCUT2D eigenvalue weighted by atomic mass is 32.1. The van der Waals surface area contributed by atoms with E-state index in [1.807, 2.05) is 27.7 Å². The molecule has 1 aromatic rings. The standard InChI is InChI=1S/C10H16BNO3S/c1-9(2)10(3,4)15-11(14-9)7-6-12-8(13-5)16-7/h6H,1-5H3/i5D3,6D. The second kappa shape index (κ2) is 3.72. The Morgan fingerprint density at radius 1 is 1.44 bits per heavy atom. The van der Waals surface area contributed by atoms with Crippen molar-refractivity contribution in [2.24, 2.45) is 0 Å². The molecule has 0 unspecified atom stereocenters. The van der Waals surface area contributed by atoms with Gasteiger partial charge in [-0.05, 0) is 27.7 Å². The summed E-state index contributed by atoms with van der Waals surface area (Å²) in [5, 5.41) is -0.0836. The Labute approximate surface area is 106 Å². The summed E-state index contributed by atoms with van der Waals surface area (Å²) < 4.78 is 45.6. The normalized spacial score (nSPS) is 26.9. The Morgan fingerprint density at radius 3 is 2.62 bits per heavy atom. The molecule has 0 bridgehead atoms. The average molecular weight is 245 g/mol. The Hall–Kier alpha value is -0.585. The van der Waals surface area contributed by atoms with Gasteiger partial charge in [-0.1, -0.05) is 11.3 Å². The van der Waals surface area contributed by atoms with E-state index in [2.05, 4.69) is 4.98 Å². The van der Waals surface area contributed by atoms with Crippen LogP contribution in [0.25, 0.3) is 0 Å². The molecule has 1 fully saturated rings. The Morgan fingerprint density at radius 2 is 2.06 bits per heavy atom. The fraction of sp³-hybridized carbons (Fsp3) is 0.700. The quantitative estimate of drug-likeness (QED) is 0.739. The lowest BCUT2D eigenvalue weighted by Crippen LogP contribution is -2.41. The number of thiazole rings is 1. The fourth-order valence-electron chi connectivity index (χ4n) is 1.34. The first-order chi connectivity index (χ1) is 8.91. The third-order valence-corrected chi connectivity index (χ3v) is 3.86. The lowest BCUT2D eigenvalue weighted by atomic mass is 9.89. The summed E-state index contributed by atoms with van der Waals surface area (Å²) in [6, 6.07) is 0. The van der Waals surface area contributed by atoms with Gasteiger partial charge in [0, 0.05) is 6.17 Å². The van der Waals surface area contributed by atoms with Crippen LogP contribution in [0.1, 0.15) is 33.2 Å². The molecular weight excluding hydrogens is 225 g/mol. The molecule has 6 heteroatoms. The highest BCUT2D eigenvalue weighted by molar-refractivity contribution is 7.23. The molecule has 2 rings (SSSR count). The fourth-order valence-corrected chi connectivity index (χ4v) is 1.94. The molecule has 0 aromatic carbocycles. The zero-order valence-corrected chi connectivity index (χ0v) is 10.5. The summed E-state index contributed by atoms with van der Waals surface area (Å²) in [4.78, 5) is 3.78. The number of aromatic nitrogens is 1. The molecule has 16 heavy (non-hydrogen) atoms. The second-order valence-corrected chi connectivity index (χ2v) is 5.64. The van der Waals surface area contributed by atoms with Crippen molar-refractivity contribution >= 4 is 23.2 Å². The first-order valence-corrected chi connectivity index (χ1v) is 5.75. The van der Waals surface area contributed by atoms with Gasteiger partial charge in [0.2, 0.25) is 0 Å². The summed E-state index contributed by atoms with van der Waals surface area (Å²) in [6.45, 7) is 7.60. The van der Waals surface area contributed by atoms with Gasteiger partial charge in [-0.2, -0.15) is 0 Å². The van der Waals surface area contributed by atoms with Crippen LogP contribution in [0.4, 0.5) is 0 Å². The molecule has 1 aromatic heterocycles. The van der Waals surface area contributed by atoms with Crippen LogP contribution in [0.5, 0.6) is 5.19 Å². The van der Waals surface area contributed by atoms with Crippen molar-refractivity contribution in [3.63, 3.8) is 0 Å². The molecule has 88 valence electrons. The number of ether oxygens (including phenoxy) is 1. The van der Waals surface area contributed by atoms with Gasteiger partial charge in [0.25, 0.3) is 5.19 Å². The number of methoxy groups -OCH3 is 1. The minimum atomic E-state index is -2.59. The SMILES string of the molecule is [2H]c1nc(OC([2H])([2H])[2H])sc1B1OC(C)(C)C(C)(C)O1. The maximum absolute atomic E-state index is 7.80. The van der Waals surface area contributed by atoms with Crippen LogP contribution in [0, 0.1) is 0 Å². The minimum Gasteiger partial charge on any atom is -0.473 e. The largest absolute Gasteiger partial charge is 0.507 e. The van der Waals surface area contributed by atoms with Crippen molar-refractivity contribution in [1.82, 2.24) is 4.98 Å². The monoisotopic (exact) mass is 245 g/mol. The van der Waals surface area contributed by atoms with E-state index in [0.29, 0.717) is 4.78 Å². The molecule has 0 radical (unpaired) electrons. The van der Waals surface area contributed by atoms with Crippen LogP contribution in [0.3, 0.4) is 0 Å². The van der Waals surface area contributed by atoms with E-state index in [-0.39, 0.29) is 11.4 Å². The summed E-state index contributed by atoms with van der Waals surface area (Å²) in [5.74, 6) is 0. The van der Waals surface area contributed by atoms with Crippen molar-refractivity contribution in [2.45, 2.75) is 38.9 Å². The summed E-state index contributed by atoms with van der Waals surface area (Å²) >= 11 is 0.954. The van der Waals surface area contributed by atoms with E-state index in [4.69, 9.17) is 19.5 Å². The van der Waals surface area contributed by atoms with Crippen molar-refractivity contribution in [3.05, 3.63) is 6.17 Å². The van der Waals surface area contributed by atoms with Crippen molar-refractivity contribution in [3.8, 4) is 5.19 Å². The van der Waals surface area contributed by atoms with Crippen LogP contribution in [0.15, 0.2) is 6.17 Å². The topological polar surface area (TPSA) is 40.6 Å². The lowest BCUT2D eigenvalue weighted by Gasteiger charge is -2.32. The van der Waals surface area contributed by atoms with Crippen LogP contribution in [-0.2, 0) is 9.31 Å². The van der Waals surface area contributed by atoms with Gasteiger partial charge in [0.1, 0.15) is 0 Å². The van der Waals surface area contributed by atoms with Crippen molar-refractivity contribution in [2.75, 3.05) is 7.04 Å². The van der Waals surface area contributed by atoms with Crippen LogP contribution >= 0.6 is 11.3 Å². The summed E-state index contributed by atoms with van der Waals surface area (Å²) in [5.41, 5.74) is -1.06. The van der Waals surface area contributed by atoms with Gasteiger partial charge in [0.15, 0.2) is 0 Å². The van der Waals surface area contributed by atoms with Crippen molar-refractivity contribution in [1.29, 1.82) is 0 Å². The second-order valence-electron chi connectivity index (χ2n) is 4.65. The van der Waals surface area contributed by atoms with E-state index in [9.17, 15) is 0 Å². The molecule has 0 aliphatic carbocycles. The molecule has 0 amide bonds. The highest BCUT2D eigenvalue weighted by Gasteiger charge is 2.52. The zero-order valence-electron chi connectivity index (χ0n) is 13.7. The number of nitrogens with zero attached hydrogens (tertiary/aromatic N) is 1. The maximum Gasteiger partial charge on any atom is 0.507 e. The molecule has 1 aliphatic rings. The molecule has 0 N–H and O–H groups in total. The third kappa shape index (κ3) is 1.85. The van der Waals surface area contributed by atoms with E-state index in [1.54, 1.807) is 0 Å². The molecule has 2 heterocycles. The van der Waals surface area contributed by atoms with E-state index >= 15 is 0 Å². The summed E-state index contributed by atoms with van der Waals surface area (Å²) in [7, 11) is -3.32. The van der Waals surface area contributed by atoms with E-state index in [1.165, 1.54) is 0 Å². The maximum atomic E-state index is 7.80. The number of hydrogen-bond donors (Lipinski definition) is 0. The van der Waals surface area contributed by atoms with Gasteiger partial charge in [-0.15, -0.1) is 0 Å². The Kier molecular flexibility index (Phi) is 1.79. The minimum absolute atomic E-state index is 0.0836. The molecule has 0 spiro atoms. The van der Waals surface area contributed by atoms with Crippen LogP contribution < -0.4 is 9.51 Å². The predicted octanol–water partition coefficient (Wildman–Crippen LogP) is 1.45. The molecule has 1 aliphatic heterocycles. The van der Waals surface area contributed by atoms with E-state index < -0.39 is 25.4 Å². The van der Waals surface area contributed by atoms with Crippen LogP contribution in [0.2, 0.25) is 0 Å². The smallest absolute Gasteiger partial charge is 0.473 e. The number of hydrogen-bond acceptors (Lipinski definition) is 5. The Bertz CT molecular complexity index is 501. The average Bonchev–Trinajstić information content (AvgIpc) is 2.63. The first kappa shape index (κ1) is 7.69. The van der Waals surface area contributed by atoms with Gasteiger partial charge in [-0.25, -0.2) is 4.98 Å².